The maximum absolute atomic E-state index is 13.9. The van der Waals surface area contributed by atoms with E-state index in [9.17, 15) is 4.39 Å². The zero-order valence-corrected chi connectivity index (χ0v) is 13.4. The van der Waals surface area contributed by atoms with Crippen molar-refractivity contribution in [2.45, 2.75) is 18.7 Å². The van der Waals surface area contributed by atoms with E-state index >= 15 is 0 Å². The van der Waals surface area contributed by atoms with E-state index in [0.717, 1.165) is 11.1 Å². The Hall–Kier alpha value is -0.570. The number of hydrogen-bond acceptors (Lipinski definition) is 0. The standard InChI is InChI=1S/C15H12BrCl2F/c1-9-4-2-3-5-10(9)6-13(17)11-7-14(18)12(16)8-15(11)19/h2-5,7-8,13H,6H2,1H3. The highest BCUT2D eigenvalue weighted by Gasteiger charge is 2.16. The number of rotatable bonds is 3. The molecule has 1 atom stereocenters. The summed E-state index contributed by atoms with van der Waals surface area (Å²) < 4.78 is 14.4. The fourth-order valence-electron chi connectivity index (χ4n) is 1.92. The quantitative estimate of drug-likeness (QED) is 0.459. The summed E-state index contributed by atoms with van der Waals surface area (Å²) in [5.41, 5.74) is 2.69. The molecule has 0 spiro atoms. The molecule has 0 N–H and O–H groups in total. The van der Waals surface area contributed by atoms with Crippen LogP contribution in [-0.2, 0) is 6.42 Å². The molecular weight excluding hydrogens is 350 g/mol. The van der Waals surface area contributed by atoms with Gasteiger partial charge in [-0.05, 0) is 52.5 Å². The van der Waals surface area contributed by atoms with Crippen LogP contribution in [0.5, 0.6) is 0 Å². The third kappa shape index (κ3) is 3.50. The van der Waals surface area contributed by atoms with Gasteiger partial charge in [0, 0.05) is 10.0 Å². The van der Waals surface area contributed by atoms with Gasteiger partial charge in [0.1, 0.15) is 5.82 Å². The summed E-state index contributed by atoms with van der Waals surface area (Å²) in [5, 5.41) is 0.0264. The smallest absolute Gasteiger partial charge is 0.129 e. The molecule has 2 aromatic rings. The Labute approximate surface area is 130 Å². The molecule has 4 heteroatoms. The van der Waals surface area contributed by atoms with Crippen molar-refractivity contribution in [1.82, 2.24) is 0 Å². The molecule has 0 aliphatic rings. The van der Waals surface area contributed by atoms with Crippen molar-refractivity contribution < 1.29 is 4.39 Å². The van der Waals surface area contributed by atoms with Crippen LogP contribution in [0.15, 0.2) is 40.9 Å². The minimum atomic E-state index is -0.438. The number of hydrogen-bond donors (Lipinski definition) is 0. The monoisotopic (exact) mass is 360 g/mol. The third-order valence-electron chi connectivity index (χ3n) is 3.04. The van der Waals surface area contributed by atoms with Crippen molar-refractivity contribution in [2.75, 3.05) is 0 Å². The minimum absolute atomic E-state index is 0.343. The molecule has 0 heterocycles. The fourth-order valence-corrected chi connectivity index (χ4v) is 2.74. The lowest BCUT2D eigenvalue weighted by Crippen LogP contribution is -2.01. The van der Waals surface area contributed by atoms with Crippen LogP contribution in [0.25, 0.3) is 0 Å². The van der Waals surface area contributed by atoms with Gasteiger partial charge in [-0.3, -0.25) is 0 Å². The Kier molecular flexibility index (Phi) is 4.88. The van der Waals surface area contributed by atoms with E-state index in [2.05, 4.69) is 15.9 Å². The SMILES string of the molecule is Cc1ccccc1CC(Cl)c1cc(Cl)c(Br)cc1F. The van der Waals surface area contributed by atoms with Gasteiger partial charge in [-0.2, -0.15) is 0 Å². The van der Waals surface area contributed by atoms with E-state index in [1.165, 1.54) is 6.07 Å². The van der Waals surface area contributed by atoms with E-state index < -0.39 is 5.38 Å². The molecule has 19 heavy (non-hydrogen) atoms. The summed E-state index contributed by atoms with van der Waals surface area (Å²) in [4.78, 5) is 0. The van der Waals surface area contributed by atoms with Gasteiger partial charge in [0.05, 0.1) is 10.4 Å². The number of halogens is 4. The average Bonchev–Trinajstić information content (AvgIpc) is 2.36. The van der Waals surface area contributed by atoms with Crippen molar-refractivity contribution in [3.05, 3.63) is 68.4 Å². The van der Waals surface area contributed by atoms with Crippen molar-refractivity contribution >= 4 is 39.1 Å². The van der Waals surface area contributed by atoms with Crippen LogP contribution in [0, 0.1) is 12.7 Å². The highest BCUT2D eigenvalue weighted by molar-refractivity contribution is 9.10. The molecule has 100 valence electrons. The highest BCUT2D eigenvalue weighted by atomic mass is 79.9. The van der Waals surface area contributed by atoms with Crippen LogP contribution in [0.1, 0.15) is 22.1 Å². The van der Waals surface area contributed by atoms with Crippen molar-refractivity contribution in [1.29, 1.82) is 0 Å². The second-order valence-electron chi connectivity index (χ2n) is 4.39. The number of benzene rings is 2. The van der Waals surface area contributed by atoms with E-state index in [1.54, 1.807) is 6.07 Å². The van der Waals surface area contributed by atoms with Gasteiger partial charge in [-0.15, -0.1) is 11.6 Å². The fraction of sp³-hybridized carbons (Fsp3) is 0.200. The maximum Gasteiger partial charge on any atom is 0.129 e. The predicted molar refractivity (Wildman–Crippen MR) is 82.6 cm³/mol. The molecule has 0 aliphatic carbocycles. The molecule has 0 bridgehead atoms. The van der Waals surface area contributed by atoms with E-state index in [4.69, 9.17) is 23.2 Å². The molecular formula is C15H12BrCl2F. The first-order chi connectivity index (χ1) is 8.99. The molecule has 0 radical (unpaired) electrons. The van der Waals surface area contributed by atoms with Crippen LogP contribution >= 0.6 is 39.1 Å². The van der Waals surface area contributed by atoms with Gasteiger partial charge < -0.3 is 0 Å². The lowest BCUT2D eigenvalue weighted by atomic mass is 10.00. The van der Waals surface area contributed by atoms with Gasteiger partial charge >= 0.3 is 0 Å². The molecule has 0 aromatic heterocycles. The average molecular weight is 362 g/mol. The maximum atomic E-state index is 13.9. The van der Waals surface area contributed by atoms with E-state index in [0.29, 0.717) is 21.5 Å². The van der Waals surface area contributed by atoms with Gasteiger partial charge in [0.25, 0.3) is 0 Å². The van der Waals surface area contributed by atoms with E-state index in [1.807, 2.05) is 31.2 Å². The Morgan fingerprint density at radius 1 is 1.26 bits per heavy atom. The van der Waals surface area contributed by atoms with Crippen LogP contribution in [0.2, 0.25) is 5.02 Å². The molecule has 1 unspecified atom stereocenters. The van der Waals surface area contributed by atoms with Crippen molar-refractivity contribution in [2.24, 2.45) is 0 Å². The molecule has 0 saturated carbocycles. The second kappa shape index (κ2) is 6.25. The molecule has 0 nitrogen and oxygen atoms in total. The predicted octanol–water partition coefficient (Wildman–Crippen LogP) is 6.07. The van der Waals surface area contributed by atoms with Gasteiger partial charge in [-0.1, -0.05) is 35.9 Å². The topological polar surface area (TPSA) is 0 Å². The lowest BCUT2D eigenvalue weighted by molar-refractivity contribution is 0.605. The van der Waals surface area contributed by atoms with Crippen molar-refractivity contribution in [3.8, 4) is 0 Å². The van der Waals surface area contributed by atoms with Gasteiger partial charge in [0.15, 0.2) is 0 Å². The van der Waals surface area contributed by atoms with Crippen LogP contribution in [-0.4, -0.2) is 0 Å². The van der Waals surface area contributed by atoms with Gasteiger partial charge in [0.2, 0.25) is 0 Å². The first-order valence-electron chi connectivity index (χ1n) is 5.82. The Morgan fingerprint density at radius 3 is 2.63 bits per heavy atom. The Balaban J connectivity index is 2.28. The van der Waals surface area contributed by atoms with Crippen molar-refractivity contribution in [3.63, 3.8) is 0 Å². The van der Waals surface area contributed by atoms with Crippen LogP contribution in [0.3, 0.4) is 0 Å². The minimum Gasteiger partial charge on any atom is -0.207 e. The lowest BCUT2D eigenvalue weighted by Gasteiger charge is -2.13. The number of aryl methyl sites for hydroxylation is 1. The third-order valence-corrected chi connectivity index (χ3v) is 4.62. The summed E-state index contributed by atoms with van der Waals surface area (Å²) in [6.45, 7) is 2.02. The zero-order chi connectivity index (χ0) is 14.0. The molecule has 2 aromatic carbocycles. The summed E-state index contributed by atoms with van der Waals surface area (Å²) in [6, 6.07) is 10.9. The van der Waals surface area contributed by atoms with E-state index in [-0.39, 0.29) is 5.82 Å². The first kappa shape index (κ1) is 14.8. The molecule has 0 aliphatic heterocycles. The van der Waals surface area contributed by atoms with Gasteiger partial charge in [-0.25, -0.2) is 4.39 Å². The first-order valence-corrected chi connectivity index (χ1v) is 7.43. The summed E-state index contributed by atoms with van der Waals surface area (Å²) in [6.07, 6.45) is 0.573. The van der Waals surface area contributed by atoms with Crippen LogP contribution < -0.4 is 0 Å². The molecule has 0 saturated heterocycles. The molecule has 2 rings (SSSR count). The molecule has 0 fully saturated rings. The Bertz CT molecular complexity index is 599. The normalized spacial score (nSPS) is 12.5. The summed E-state index contributed by atoms with van der Waals surface area (Å²) >= 11 is 15.5. The summed E-state index contributed by atoms with van der Waals surface area (Å²) in [7, 11) is 0. The Morgan fingerprint density at radius 2 is 1.95 bits per heavy atom. The number of alkyl halides is 1. The molecule has 0 amide bonds. The highest BCUT2D eigenvalue weighted by Crippen LogP contribution is 2.33. The second-order valence-corrected chi connectivity index (χ2v) is 6.17. The van der Waals surface area contributed by atoms with Crippen LogP contribution in [0.4, 0.5) is 4.39 Å². The largest absolute Gasteiger partial charge is 0.207 e. The zero-order valence-electron chi connectivity index (χ0n) is 10.3. The summed E-state index contributed by atoms with van der Waals surface area (Å²) in [5.74, 6) is -0.343.